The number of guanidine groups is 1. The molecule has 32 heavy (non-hydrogen) atoms. The summed E-state index contributed by atoms with van der Waals surface area (Å²) in [6, 6.07) is 16.1. The number of amides is 1. The molecule has 1 heterocycles. The van der Waals surface area contributed by atoms with Gasteiger partial charge in [-0.25, -0.2) is 0 Å². The van der Waals surface area contributed by atoms with Gasteiger partial charge in [0.05, 0.1) is 6.04 Å². The van der Waals surface area contributed by atoms with E-state index in [1.165, 1.54) is 0 Å². The van der Waals surface area contributed by atoms with E-state index in [2.05, 4.69) is 37.5 Å². The van der Waals surface area contributed by atoms with Crippen LogP contribution in [0.1, 0.15) is 54.7 Å². The number of hydrogen-bond donors (Lipinski definition) is 2. The van der Waals surface area contributed by atoms with Crippen LogP contribution < -0.4 is 15.4 Å². The first-order chi connectivity index (χ1) is 14.8. The van der Waals surface area contributed by atoms with E-state index >= 15 is 0 Å². The van der Waals surface area contributed by atoms with Gasteiger partial charge >= 0.3 is 0 Å². The molecule has 1 aliphatic rings. The molecule has 0 radical (unpaired) electrons. The Balaban J connectivity index is 0.00000363. The summed E-state index contributed by atoms with van der Waals surface area (Å²) in [6.45, 7) is 7.71. The van der Waals surface area contributed by atoms with E-state index in [-0.39, 0.29) is 41.5 Å². The zero-order valence-electron chi connectivity index (χ0n) is 19.6. The first-order valence-electron chi connectivity index (χ1n) is 10.9. The molecule has 7 heteroatoms. The van der Waals surface area contributed by atoms with Gasteiger partial charge in [-0.05, 0) is 51.0 Å². The molecule has 1 unspecified atom stereocenters. The number of aliphatic imine (C=N–C) groups is 1. The lowest BCUT2D eigenvalue weighted by atomic mass is 9.90. The van der Waals surface area contributed by atoms with Gasteiger partial charge in [-0.2, -0.15) is 0 Å². The molecule has 1 atom stereocenters. The first-order valence-corrected chi connectivity index (χ1v) is 10.9. The third-order valence-electron chi connectivity index (χ3n) is 5.28. The maximum Gasteiger partial charge on any atom is 0.253 e. The molecule has 0 saturated heterocycles. The predicted molar refractivity (Wildman–Crippen MR) is 141 cm³/mol. The van der Waals surface area contributed by atoms with Crippen LogP contribution in [0.15, 0.2) is 53.5 Å². The summed E-state index contributed by atoms with van der Waals surface area (Å²) in [7, 11) is 3.53. The standard InChI is InChI=1S/C25H34N4O2.HI/c1-6-26-24(27-15-14-18-10-9-11-19(16-18)23(30)29(4)5)28-21-17-25(2,3)31-22-13-8-7-12-20(21)22;/h7-13,16,21H,6,14-15,17H2,1-5H3,(H2,26,27,28);1H. The molecular weight excluding hydrogens is 515 g/mol. The van der Waals surface area contributed by atoms with Crippen molar-refractivity contribution in [1.82, 2.24) is 15.5 Å². The second kappa shape index (κ2) is 11.5. The number of benzene rings is 2. The molecule has 0 saturated carbocycles. The molecule has 2 N–H and O–H groups in total. The van der Waals surface area contributed by atoms with Crippen LogP contribution >= 0.6 is 24.0 Å². The SMILES string of the molecule is CCNC(=NCCc1cccc(C(=O)N(C)C)c1)NC1CC(C)(C)Oc2ccccc21.I. The molecule has 0 aromatic heterocycles. The molecule has 2 aromatic carbocycles. The van der Waals surface area contributed by atoms with Crippen molar-refractivity contribution in [2.45, 2.75) is 45.3 Å². The number of ether oxygens (including phenoxy) is 1. The quantitative estimate of drug-likeness (QED) is 0.318. The summed E-state index contributed by atoms with van der Waals surface area (Å²) in [4.78, 5) is 18.6. The highest BCUT2D eigenvalue weighted by molar-refractivity contribution is 14.0. The molecule has 6 nitrogen and oxygen atoms in total. The number of carbonyl (C=O) groups is 1. The molecule has 0 spiro atoms. The van der Waals surface area contributed by atoms with Gasteiger partial charge in [-0.15, -0.1) is 24.0 Å². The van der Waals surface area contributed by atoms with Crippen molar-refractivity contribution in [1.29, 1.82) is 0 Å². The molecule has 3 rings (SSSR count). The average Bonchev–Trinajstić information content (AvgIpc) is 2.72. The third kappa shape index (κ3) is 6.85. The highest BCUT2D eigenvalue weighted by Gasteiger charge is 2.33. The van der Waals surface area contributed by atoms with Gasteiger partial charge < -0.3 is 20.3 Å². The topological polar surface area (TPSA) is 66.0 Å². The Morgan fingerprint density at radius 2 is 1.94 bits per heavy atom. The molecule has 0 fully saturated rings. The van der Waals surface area contributed by atoms with Crippen molar-refractivity contribution in [2.24, 2.45) is 4.99 Å². The van der Waals surface area contributed by atoms with Crippen LogP contribution in [0.2, 0.25) is 0 Å². The summed E-state index contributed by atoms with van der Waals surface area (Å²) in [5, 5.41) is 6.95. The zero-order valence-corrected chi connectivity index (χ0v) is 22.0. The summed E-state index contributed by atoms with van der Waals surface area (Å²) in [5.41, 5.74) is 2.72. The largest absolute Gasteiger partial charge is 0.487 e. The highest BCUT2D eigenvalue weighted by atomic mass is 127. The van der Waals surface area contributed by atoms with Gasteiger partial charge in [0.2, 0.25) is 0 Å². The third-order valence-corrected chi connectivity index (χ3v) is 5.28. The van der Waals surface area contributed by atoms with Gasteiger partial charge in [0.1, 0.15) is 11.4 Å². The summed E-state index contributed by atoms with van der Waals surface area (Å²) in [6.07, 6.45) is 1.62. The zero-order chi connectivity index (χ0) is 22.4. The fourth-order valence-electron chi connectivity index (χ4n) is 3.83. The second-order valence-corrected chi connectivity index (χ2v) is 8.71. The number of para-hydroxylation sites is 1. The lowest BCUT2D eigenvalue weighted by molar-refractivity contribution is 0.0694. The maximum absolute atomic E-state index is 12.2. The number of carbonyl (C=O) groups excluding carboxylic acids is 1. The maximum atomic E-state index is 12.2. The van der Waals surface area contributed by atoms with Crippen LogP contribution in [0, 0.1) is 0 Å². The number of fused-ring (bicyclic) bond motifs is 1. The summed E-state index contributed by atoms with van der Waals surface area (Å²) < 4.78 is 6.15. The Morgan fingerprint density at radius 3 is 2.66 bits per heavy atom. The predicted octanol–water partition coefficient (Wildman–Crippen LogP) is 4.41. The van der Waals surface area contributed by atoms with Crippen molar-refractivity contribution in [3.63, 3.8) is 0 Å². The van der Waals surface area contributed by atoms with Crippen LogP contribution in [-0.4, -0.2) is 49.6 Å². The fourth-order valence-corrected chi connectivity index (χ4v) is 3.83. The van der Waals surface area contributed by atoms with Gasteiger partial charge in [-0.3, -0.25) is 9.79 Å². The Bertz CT molecular complexity index is 943. The average molecular weight is 550 g/mol. The molecule has 0 bridgehead atoms. The number of halogens is 1. The Labute approximate surface area is 208 Å². The van der Waals surface area contributed by atoms with Gasteiger partial charge in [0.25, 0.3) is 5.91 Å². The van der Waals surface area contributed by atoms with Crippen LogP contribution in [0.3, 0.4) is 0 Å². The normalized spacial score (nSPS) is 16.8. The molecule has 1 amide bonds. The minimum absolute atomic E-state index is 0. The van der Waals surface area contributed by atoms with Crippen molar-refractivity contribution < 1.29 is 9.53 Å². The van der Waals surface area contributed by atoms with Gasteiger partial charge in [0, 0.05) is 44.7 Å². The number of hydrogen-bond acceptors (Lipinski definition) is 3. The van der Waals surface area contributed by atoms with Crippen molar-refractivity contribution in [3.05, 3.63) is 65.2 Å². The van der Waals surface area contributed by atoms with Crippen LogP contribution in [-0.2, 0) is 6.42 Å². The van der Waals surface area contributed by atoms with Gasteiger partial charge in [-0.1, -0.05) is 30.3 Å². The Hall–Kier alpha value is -2.29. The summed E-state index contributed by atoms with van der Waals surface area (Å²) in [5.74, 6) is 1.73. The van der Waals surface area contributed by atoms with E-state index in [0.717, 1.165) is 42.2 Å². The minimum Gasteiger partial charge on any atom is -0.487 e. The van der Waals surface area contributed by atoms with Crippen LogP contribution in [0.4, 0.5) is 0 Å². The lowest BCUT2D eigenvalue weighted by Gasteiger charge is -2.38. The number of nitrogens with one attached hydrogen (secondary N) is 2. The van der Waals surface area contributed by atoms with Gasteiger partial charge in [0.15, 0.2) is 5.96 Å². The monoisotopic (exact) mass is 550 g/mol. The van der Waals surface area contributed by atoms with Crippen LogP contribution in [0.25, 0.3) is 0 Å². The highest BCUT2D eigenvalue weighted by Crippen LogP contribution is 2.39. The summed E-state index contributed by atoms with van der Waals surface area (Å²) >= 11 is 0. The Morgan fingerprint density at radius 1 is 1.19 bits per heavy atom. The molecule has 2 aromatic rings. The molecule has 174 valence electrons. The molecule has 0 aliphatic carbocycles. The lowest BCUT2D eigenvalue weighted by Crippen LogP contribution is -2.45. The van der Waals surface area contributed by atoms with E-state index in [1.54, 1.807) is 19.0 Å². The second-order valence-electron chi connectivity index (χ2n) is 8.71. The number of rotatable bonds is 6. The van der Waals surface area contributed by atoms with Crippen LogP contribution in [0.5, 0.6) is 5.75 Å². The molecule has 1 aliphatic heterocycles. The molecular formula is C25H35IN4O2. The van der Waals surface area contributed by atoms with E-state index < -0.39 is 0 Å². The van der Waals surface area contributed by atoms with E-state index in [0.29, 0.717) is 12.1 Å². The van der Waals surface area contributed by atoms with Crippen molar-refractivity contribution >= 4 is 35.8 Å². The fraction of sp³-hybridized carbons (Fsp3) is 0.440. The first kappa shape index (κ1) is 26.0. The van der Waals surface area contributed by atoms with Crippen molar-refractivity contribution in [3.8, 4) is 5.75 Å². The van der Waals surface area contributed by atoms with E-state index in [9.17, 15) is 4.79 Å². The van der Waals surface area contributed by atoms with E-state index in [1.807, 2.05) is 42.5 Å². The number of nitrogens with zero attached hydrogens (tertiary/aromatic N) is 2. The minimum atomic E-state index is -0.247. The smallest absolute Gasteiger partial charge is 0.253 e. The Kier molecular flexibility index (Phi) is 9.36. The van der Waals surface area contributed by atoms with Crippen molar-refractivity contribution in [2.75, 3.05) is 27.2 Å². The van der Waals surface area contributed by atoms with E-state index in [4.69, 9.17) is 9.73 Å².